The van der Waals surface area contributed by atoms with Crippen molar-refractivity contribution in [2.75, 3.05) is 40.9 Å². The van der Waals surface area contributed by atoms with Crippen LogP contribution in [-0.4, -0.2) is 68.5 Å². The molecule has 0 saturated carbocycles. The first-order valence-corrected chi connectivity index (χ1v) is 35.5. The van der Waals surface area contributed by atoms with Gasteiger partial charge in [-0.05, 0) is 19.3 Å². The number of aliphatic hydroxyl groups is 1. The lowest BCUT2D eigenvalue weighted by Crippen LogP contribution is -2.45. The molecule has 0 aromatic rings. The summed E-state index contributed by atoms with van der Waals surface area (Å²) in [6, 6.07) is -0.883. The normalized spacial score (nSPS) is 13.7. The maximum Gasteiger partial charge on any atom is 0.268 e. The molecule has 454 valence electrons. The molecule has 0 aromatic heterocycles. The zero-order valence-corrected chi connectivity index (χ0v) is 52.9. The van der Waals surface area contributed by atoms with E-state index >= 15 is 0 Å². The Bertz CT molecular complexity index is 1240. The summed E-state index contributed by atoms with van der Waals surface area (Å²) in [7, 11) is 1.28. The predicted octanol–water partition coefficient (Wildman–Crippen LogP) is 20.7. The molecule has 3 atom stereocenters. The molecule has 0 aliphatic rings. The summed E-state index contributed by atoms with van der Waals surface area (Å²) < 4.78 is 23.5. The number of allylic oxidation sites excluding steroid dienone is 1. The van der Waals surface area contributed by atoms with Crippen LogP contribution in [0.5, 0.6) is 0 Å². The van der Waals surface area contributed by atoms with E-state index in [1.165, 1.54) is 302 Å². The summed E-state index contributed by atoms with van der Waals surface area (Å²) >= 11 is 0. The van der Waals surface area contributed by atoms with Crippen molar-refractivity contribution >= 4 is 13.7 Å². The van der Waals surface area contributed by atoms with Crippen molar-refractivity contribution in [3.8, 4) is 0 Å². The Labute approximate surface area is 475 Å². The number of nitrogens with zero attached hydrogens (tertiary/aromatic N) is 1. The fourth-order valence-corrected chi connectivity index (χ4v) is 11.4. The van der Waals surface area contributed by atoms with Gasteiger partial charge in [0.2, 0.25) is 5.91 Å². The SMILES string of the molecule is CCCCCCCCCCCCCCCCCCCCCCCCC/C=C/C(O)C(COP(=O)([O-])OCC[N+](C)(C)C)NC(=O)CCCCCCCCCCCCCCCCCCCCCCCCCCCCCCC. The quantitative estimate of drug-likeness (QED) is 0.0272. The van der Waals surface area contributed by atoms with E-state index in [0.717, 1.165) is 38.5 Å². The predicted molar refractivity (Wildman–Crippen MR) is 330 cm³/mol. The minimum atomic E-state index is -4.60. The van der Waals surface area contributed by atoms with Gasteiger partial charge in [0.1, 0.15) is 13.2 Å². The Morgan fingerprint density at radius 3 is 0.987 bits per heavy atom. The van der Waals surface area contributed by atoms with E-state index in [9.17, 15) is 19.4 Å². The molecule has 8 nitrogen and oxygen atoms in total. The summed E-state index contributed by atoms with van der Waals surface area (Å²) in [5.74, 6) is -0.187. The zero-order valence-electron chi connectivity index (χ0n) is 52.0. The lowest BCUT2D eigenvalue weighted by Gasteiger charge is -2.29. The van der Waals surface area contributed by atoms with E-state index in [1.807, 2.05) is 27.2 Å². The molecule has 0 saturated heterocycles. The molecule has 0 rings (SSSR count). The Hall–Kier alpha value is -0.760. The fraction of sp³-hybridized carbons (Fsp3) is 0.955. The first-order valence-electron chi connectivity index (χ1n) is 34.1. The van der Waals surface area contributed by atoms with Crippen molar-refractivity contribution in [2.24, 2.45) is 0 Å². The minimum Gasteiger partial charge on any atom is -0.756 e. The summed E-state index contributed by atoms with van der Waals surface area (Å²) in [4.78, 5) is 25.6. The second-order valence-corrected chi connectivity index (χ2v) is 26.3. The highest BCUT2D eigenvalue weighted by Gasteiger charge is 2.23. The largest absolute Gasteiger partial charge is 0.756 e. The number of likely N-dealkylation sites (N-methyl/N-ethyl adjacent to an activating group) is 1. The van der Waals surface area contributed by atoms with Gasteiger partial charge in [-0.15, -0.1) is 0 Å². The highest BCUT2D eigenvalue weighted by Crippen LogP contribution is 2.38. The molecule has 3 unspecified atom stereocenters. The third-order valence-electron chi connectivity index (χ3n) is 16.0. The third-order valence-corrected chi connectivity index (χ3v) is 17.0. The van der Waals surface area contributed by atoms with Crippen LogP contribution in [0.1, 0.15) is 361 Å². The molecule has 0 fully saturated rings. The lowest BCUT2D eigenvalue weighted by atomic mass is 10.0. The molecule has 0 heterocycles. The Balaban J connectivity index is 4.05. The average Bonchev–Trinajstić information content (AvgIpc) is 3.38. The fourth-order valence-electron chi connectivity index (χ4n) is 10.7. The number of nitrogens with one attached hydrogen (secondary N) is 1. The van der Waals surface area contributed by atoms with Crippen LogP contribution in [0, 0.1) is 0 Å². The van der Waals surface area contributed by atoms with Crippen LogP contribution in [0.3, 0.4) is 0 Å². The zero-order chi connectivity index (χ0) is 55.6. The number of aliphatic hydroxyl groups excluding tert-OH is 1. The number of amides is 1. The van der Waals surface area contributed by atoms with Crippen molar-refractivity contribution in [2.45, 2.75) is 373 Å². The van der Waals surface area contributed by atoms with Crippen molar-refractivity contribution in [1.82, 2.24) is 5.32 Å². The monoisotopic (exact) mass is 1100 g/mol. The second-order valence-electron chi connectivity index (χ2n) is 24.9. The van der Waals surface area contributed by atoms with Gasteiger partial charge < -0.3 is 28.8 Å². The molecule has 2 N–H and O–H groups in total. The van der Waals surface area contributed by atoms with Gasteiger partial charge in [0, 0.05) is 6.42 Å². The van der Waals surface area contributed by atoms with Crippen LogP contribution in [0.4, 0.5) is 0 Å². The number of carbonyl (C=O) groups is 1. The minimum absolute atomic E-state index is 0.00297. The van der Waals surface area contributed by atoms with E-state index in [2.05, 4.69) is 19.2 Å². The smallest absolute Gasteiger partial charge is 0.268 e. The molecule has 0 radical (unpaired) electrons. The molecule has 0 aromatic carbocycles. The van der Waals surface area contributed by atoms with Gasteiger partial charge in [-0.2, -0.15) is 0 Å². The maximum atomic E-state index is 13.0. The number of carbonyl (C=O) groups excluding carboxylic acids is 1. The van der Waals surface area contributed by atoms with E-state index in [1.54, 1.807) is 6.08 Å². The average molecular weight is 1100 g/mol. The molecule has 0 aliphatic heterocycles. The van der Waals surface area contributed by atoms with Crippen molar-refractivity contribution in [1.29, 1.82) is 0 Å². The molecular formula is C67H135N2O6P. The van der Waals surface area contributed by atoms with Crippen LogP contribution in [0.2, 0.25) is 0 Å². The van der Waals surface area contributed by atoms with Crippen LogP contribution >= 0.6 is 7.82 Å². The first kappa shape index (κ1) is 75.2. The van der Waals surface area contributed by atoms with E-state index in [4.69, 9.17) is 9.05 Å². The number of rotatable bonds is 64. The van der Waals surface area contributed by atoms with Crippen molar-refractivity contribution in [3.05, 3.63) is 12.2 Å². The van der Waals surface area contributed by atoms with E-state index in [0.29, 0.717) is 17.4 Å². The molecule has 0 bridgehead atoms. The van der Waals surface area contributed by atoms with Crippen LogP contribution in [0.15, 0.2) is 12.2 Å². The molecular weight excluding hydrogens is 960 g/mol. The van der Waals surface area contributed by atoms with Gasteiger partial charge in [-0.3, -0.25) is 9.36 Å². The highest BCUT2D eigenvalue weighted by molar-refractivity contribution is 7.45. The van der Waals surface area contributed by atoms with Gasteiger partial charge in [-0.1, -0.05) is 347 Å². The van der Waals surface area contributed by atoms with Gasteiger partial charge in [0.05, 0.1) is 39.9 Å². The Morgan fingerprint density at radius 1 is 0.447 bits per heavy atom. The first-order chi connectivity index (χ1) is 37.0. The molecule has 1 amide bonds. The summed E-state index contributed by atoms with van der Waals surface area (Å²) in [6.07, 6.45) is 74.7. The standard InChI is InChI=1S/C67H135N2O6P/c1-6-8-10-12-14-16-18-20-22-24-26-28-30-32-33-34-35-37-39-41-43-45-47-49-51-53-55-57-59-61-67(71)68-65(64-75-76(72,73)74-63-62-69(3,4)5)66(70)60-58-56-54-52-50-48-46-44-42-40-38-36-31-29-27-25-23-21-19-17-15-13-11-9-7-2/h58,60,65-66,70H,6-57,59,61-64H2,1-5H3,(H-,68,71,72,73)/b60-58+. The molecule has 76 heavy (non-hydrogen) atoms. The number of phosphoric ester groups is 1. The number of unbranched alkanes of at least 4 members (excludes halogenated alkanes) is 51. The lowest BCUT2D eigenvalue weighted by molar-refractivity contribution is -0.870. The van der Waals surface area contributed by atoms with Gasteiger partial charge >= 0.3 is 0 Å². The topological polar surface area (TPSA) is 108 Å². The Kier molecular flexibility index (Phi) is 58.3. The number of hydrogen-bond acceptors (Lipinski definition) is 6. The number of hydrogen-bond donors (Lipinski definition) is 2. The highest BCUT2D eigenvalue weighted by atomic mass is 31.2. The molecule has 0 spiro atoms. The number of quaternary nitrogens is 1. The summed E-state index contributed by atoms with van der Waals surface area (Å²) in [5.41, 5.74) is 0. The molecule has 9 heteroatoms. The summed E-state index contributed by atoms with van der Waals surface area (Å²) in [5, 5.41) is 14.0. The Morgan fingerprint density at radius 2 is 0.711 bits per heavy atom. The maximum absolute atomic E-state index is 13.0. The van der Waals surface area contributed by atoms with Gasteiger partial charge in [0.25, 0.3) is 7.82 Å². The van der Waals surface area contributed by atoms with Crippen molar-refractivity contribution < 1.29 is 32.9 Å². The number of phosphoric acid groups is 1. The van der Waals surface area contributed by atoms with Gasteiger partial charge in [0.15, 0.2) is 0 Å². The van der Waals surface area contributed by atoms with Gasteiger partial charge in [-0.25, -0.2) is 0 Å². The van der Waals surface area contributed by atoms with Crippen molar-refractivity contribution in [3.63, 3.8) is 0 Å². The molecule has 0 aliphatic carbocycles. The van der Waals surface area contributed by atoms with Crippen LogP contribution in [0.25, 0.3) is 0 Å². The van der Waals surface area contributed by atoms with E-state index in [-0.39, 0.29) is 19.1 Å². The second kappa shape index (κ2) is 58.9. The van der Waals surface area contributed by atoms with Crippen LogP contribution in [-0.2, 0) is 18.4 Å². The third kappa shape index (κ3) is 60.9. The van der Waals surface area contributed by atoms with Crippen LogP contribution < -0.4 is 10.2 Å². The summed E-state index contributed by atoms with van der Waals surface area (Å²) in [6.45, 7) is 4.72. The van der Waals surface area contributed by atoms with E-state index < -0.39 is 20.0 Å².